The van der Waals surface area contributed by atoms with Crippen molar-refractivity contribution < 1.29 is 4.74 Å². The van der Waals surface area contributed by atoms with Crippen molar-refractivity contribution in [3.63, 3.8) is 0 Å². The highest BCUT2D eigenvalue weighted by atomic mass is 16.5. The van der Waals surface area contributed by atoms with Gasteiger partial charge < -0.3 is 15.0 Å². The zero-order valence-corrected chi connectivity index (χ0v) is 10.5. The first-order valence-corrected chi connectivity index (χ1v) is 6.21. The van der Waals surface area contributed by atoms with Crippen LogP contribution in [0, 0.1) is 5.92 Å². The van der Waals surface area contributed by atoms with E-state index in [-0.39, 0.29) is 0 Å². The molecule has 0 saturated carbocycles. The summed E-state index contributed by atoms with van der Waals surface area (Å²) in [5.74, 6) is 0.707. The molecule has 0 bridgehead atoms. The molecule has 0 radical (unpaired) electrons. The minimum Gasteiger partial charge on any atom is -0.381 e. The van der Waals surface area contributed by atoms with E-state index in [0.717, 1.165) is 19.8 Å². The van der Waals surface area contributed by atoms with Crippen LogP contribution in [0.15, 0.2) is 0 Å². The average Bonchev–Trinajstić information content (AvgIpc) is 2.76. The Labute approximate surface area is 94.2 Å². The van der Waals surface area contributed by atoms with Gasteiger partial charge in [-0.25, -0.2) is 0 Å². The molecule has 0 aromatic heterocycles. The summed E-state index contributed by atoms with van der Waals surface area (Å²) in [6.07, 6.45) is 3.79. The van der Waals surface area contributed by atoms with Crippen LogP contribution in [-0.4, -0.2) is 51.3 Å². The lowest BCUT2D eigenvalue weighted by atomic mass is 9.99. The summed E-state index contributed by atoms with van der Waals surface area (Å²) in [4.78, 5) is 2.43. The Hall–Kier alpha value is -0.120. The molecular formula is C12H26N2O. The average molecular weight is 214 g/mol. The molecule has 0 aromatic carbocycles. The van der Waals surface area contributed by atoms with Crippen molar-refractivity contribution in [3.05, 3.63) is 0 Å². The molecule has 1 N–H and O–H groups in total. The van der Waals surface area contributed by atoms with Crippen LogP contribution >= 0.6 is 0 Å². The van der Waals surface area contributed by atoms with Gasteiger partial charge in [0, 0.05) is 25.1 Å². The molecular weight excluding hydrogens is 188 g/mol. The molecule has 2 unspecified atom stereocenters. The fourth-order valence-electron chi connectivity index (χ4n) is 2.20. The zero-order valence-electron chi connectivity index (χ0n) is 10.5. The molecule has 15 heavy (non-hydrogen) atoms. The second-order valence-corrected chi connectivity index (χ2v) is 4.63. The van der Waals surface area contributed by atoms with Gasteiger partial charge in [0.2, 0.25) is 0 Å². The van der Waals surface area contributed by atoms with Crippen LogP contribution in [-0.2, 0) is 4.74 Å². The lowest BCUT2D eigenvalue weighted by molar-refractivity contribution is 0.168. The van der Waals surface area contributed by atoms with Gasteiger partial charge in [-0.3, -0.25) is 0 Å². The van der Waals surface area contributed by atoms with Crippen molar-refractivity contribution in [2.24, 2.45) is 5.92 Å². The Bertz CT molecular complexity index is 158. The quantitative estimate of drug-likeness (QED) is 0.692. The predicted octanol–water partition coefficient (Wildman–Crippen LogP) is 1.34. The van der Waals surface area contributed by atoms with E-state index in [1.807, 2.05) is 0 Å². The van der Waals surface area contributed by atoms with Gasteiger partial charge in [-0.15, -0.1) is 0 Å². The van der Waals surface area contributed by atoms with Crippen molar-refractivity contribution in [1.29, 1.82) is 0 Å². The normalized spacial score (nSPS) is 23.6. The Morgan fingerprint density at radius 3 is 2.87 bits per heavy atom. The lowest BCUT2D eigenvalue weighted by Gasteiger charge is -2.27. The van der Waals surface area contributed by atoms with E-state index in [4.69, 9.17) is 4.74 Å². The van der Waals surface area contributed by atoms with Gasteiger partial charge in [-0.05, 0) is 33.5 Å². The molecule has 0 spiro atoms. The molecule has 3 nitrogen and oxygen atoms in total. The zero-order chi connectivity index (χ0) is 11.1. The fourth-order valence-corrected chi connectivity index (χ4v) is 2.20. The van der Waals surface area contributed by atoms with E-state index in [2.05, 4.69) is 31.2 Å². The van der Waals surface area contributed by atoms with Crippen molar-refractivity contribution in [2.75, 3.05) is 40.4 Å². The molecule has 3 heteroatoms. The highest BCUT2D eigenvalue weighted by molar-refractivity contribution is 4.80. The van der Waals surface area contributed by atoms with Crippen molar-refractivity contribution in [2.45, 2.75) is 32.2 Å². The summed E-state index contributed by atoms with van der Waals surface area (Å²) < 4.78 is 5.44. The first-order chi connectivity index (χ1) is 7.27. The molecule has 1 heterocycles. The molecule has 1 aliphatic rings. The van der Waals surface area contributed by atoms with Crippen LogP contribution < -0.4 is 5.32 Å². The molecule has 1 saturated heterocycles. The summed E-state index contributed by atoms with van der Waals surface area (Å²) in [5, 5.41) is 3.43. The number of nitrogens with zero attached hydrogens (tertiary/aromatic N) is 1. The topological polar surface area (TPSA) is 24.5 Å². The smallest absolute Gasteiger partial charge is 0.0510 e. The summed E-state index contributed by atoms with van der Waals surface area (Å²) in [6, 6.07) is 0.592. The minimum atomic E-state index is 0.592. The first-order valence-electron chi connectivity index (χ1n) is 6.21. The van der Waals surface area contributed by atoms with E-state index < -0.39 is 0 Å². The fraction of sp³-hybridized carbons (Fsp3) is 1.00. The van der Waals surface area contributed by atoms with Crippen molar-refractivity contribution >= 4 is 0 Å². The Morgan fingerprint density at radius 2 is 2.33 bits per heavy atom. The van der Waals surface area contributed by atoms with Gasteiger partial charge in [0.05, 0.1) is 6.61 Å². The number of nitrogens with one attached hydrogen (secondary N) is 1. The monoisotopic (exact) mass is 214 g/mol. The second kappa shape index (κ2) is 7.20. The van der Waals surface area contributed by atoms with Gasteiger partial charge in [-0.1, -0.05) is 13.3 Å². The molecule has 2 atom stereocenters. The molecule has 1 rings (SSSR count). The van der Waals surface area contributed by atoms with Crippen LogP contribution in [0.2, 0.25) is 0 Å². The van der Waals surface area contributed by atoms with Crippen LogP contribution in [0.3, 0.4) is 0 Å². The molecule has 0 aromatic rings. The third kappa shape index (κ3) is 4.49. The molecule has 1 fully saturated rings. The van der Waals surface area contributed by atoms with E-state index in [1.165, 1.54) is 25.8 Å². The maximum Gasteiger partial charge on any atom is 0.0510 e. The molecule has 90 valence electrons. The Morgan fingerprint density at radius 1 is 1.53 bits per heavy atom. The van der Waals surface area contributed by atoms with Crippen LogP contribution in [0.1, 0.15) is 26.2 Å². The maximum absolute atomic E-state index is 5.44. The summed E-state index contributed by atoms with van der Waals surface area (Å²) >= 11 is 0. The Kier molecular flexibility index (Phi) is 6.22. The van der Waals surface area contributed by atoms with Crippen molar-refractivity contribution in [3.8, 4) is 0 Å². The third-order valence-corrected chi connectivity index (χ3v) is 3.31. The highest BCUT2D eigenvalue weighted by Gasteiger charge is 2.25. The maximum atomic E-state index is 5.44. The van der Waals surface area contributed by atoms with Gasteiger partial charge in [0.1, 0.15) is 0 Å². The third-order valence-electron chi connectivity index (χ3n) is 3.31. The first kappa shape index (κ1) is 12.9. The van der Waals surface area contributed by atoms with Gasteiger partial charge in [-0.2, -0.15) is 0 Å². The lowest BCUT2D eigenvalue weighted by Crippen LogP contribution is -2.43. The number of rotatable bonds is 7. The predicted molar refractivity (Wildman–Crippen MR) is 64.2 cm³/mol. The van der Waals surface area contributed by atoms with Gasteiger partial charge in [0.25, 0.3) is 0 Å². The van der Waals surface area contributed by atoms with E-state index in [9.17, 15) is 0 Å². The Balaban J connectivity index is 2.25. The standard InChI is InChI=1S/C12H26N2O/c1-4-5-7-14(3)9-12(13-2)11-6-8-15-10-11/h11-13H,4-10H2,1-3H3. The number of hydrogen-bond donors (Lipinski definition) is 1. The highest BCUT2D eigenvalue weighted by Crippen LogP contribution is 2.17. The summed E-state index contributed by atoms with van der Waals surface area (Å²) in [6.45, 7) is 6.48. The largest absolute Gasteiger partial charge is 0.381 e. The molecule has 1 aliphatic heterocycles. The van der Waals surface area contributed by atoms with E-state index in [1.54, 1.807) is 0 Å². The number of likely N-dealkylation sites (N-methyl/N-ethyl adjacent to an activating group) is 2. The number of ether oxygens (including phenoxy) is 1. The van der Waals surface area contributed by atoms with Gasteiger partial charge >= 0.3 is 0 Å². The van der Waals surface area contributed by atoms with Gasteiger partial charge in [0.15, 0.2) is 0 Å². The van der Waals surface area contributed by atoms with E-state index in [0.29, 0.717) is 12.0 Å². The minimum absolute atomic E-state index is 0.592. The van der Waals surface area contributed by atoms with E-state index >= 15 is 0 Å². The SMILES string of the molecule is CCCCN(C)CC(NC)C1CCOC1. The van der Waals surface area contributed by atoms with Crippen molar-refractivity contribution in [1.82, 2.24) is 10.2 Å². The number of hydrogen-bond acceptors (Lipinski definition) is 3. The molecule has 0 aliphatic carbocycles. The van der Waals surface area contributed by atoms with Crippen LogP contribution in [0.4, 0.5) is 0 Å². The number of unbranched alkanes of at least 4 members (excludes halogenated alkanes) is 1. The van der Waals surface area contributed by atoms with Crippen LogP contribution in [0.5, 0.6) is 0 Å². The molecule has 0 amide bonds. The second-order valence-electron chi connectivity index (χ2n) is 4.63. The van der Waals surface area contributed by atoms with Crippen LogP contribution in [0.25, 0.3) is 0 Å². The summed E-state index contributed by atoms with van der Waals surface area (Å²) in [7, 11) is 4.28. The summed E-state index contributed by atoms with van der Waals surface area (Å²) in [5.41, 5.74) is 0.